The van der Waals surface area contributed by atoms with Crippen LogP contribution < -0.4 is 5.32 Å². The first kappa shape index (κ1) is 20.7. The van der Waals surface area contributed by atoms with E-state index in [0.29, 0.717) is 30.7 Å². The van der Waals surface area contributed by atoms with Crippen LogP contribution in [0, 0.1) is 0 Å². The molecule has 6 heteroatoms. The molecule has 1 aliphatic carbocycles. The maximum Gasteiger partial charge on any atom is 0.240 e. The Labute approximate surface area is 182 Å². The third-order valence-corrected chi connectivity index (χ3v) is 6.51. The normalized spacial score (nSPS) is 14.7. The first-order valence-corrected chi connectivity index (χ1v) is 11.5. The van der Waals surface area contributed by atoms with Crippen molar-refractivity contribution in [1.82, 2.24) is 15.1 Å². The Bertz CT molecular complexity index is 881. The monoisotopic (exact) mass is 420 g/mol. The minimum atomic E-state index is -0.0480. The smallest absolute Gasteiger partial charge is 0.240 e. The molecular weight excluding hydrogens is 392 g/mol. The van der Waals surface area contributed by atoms with E-state index in [9.17, 15) is 4.79 Å². The zero-order valence-corrected chi connectivity index (χ0v) is 18.0. The molecule has 1 aromatic heterocycles. The van der Waals surface area contributed by atoms with Crippen molar-refractivity contribution >= 4 is 22.4 Å². The Morgan fingerprint density at radius 3 is 2.10 bits per heavy atom. The van der Waals surface area contributed by atoms with Gasteiger partial charge in [-0.05, 0) is 24.0 Å². The average Bonchev–Trinajstić information content (AvgIpc) is 3.24. The first-order valence-electron chi connectivity index (χ1n) is 10.7. The second kappa shape index (κ2) is 10.5. The highest BCUT2D eigenvalue weighted by molar-refractivity contribution is 7.15. The van der Waals surface area contributed by atoms with Gasteiger partial charge < -0.3 is 0 Å². The van der Waals surface area contributed by atoms with E-state index in [-0.39, 0.29) is 5.91 Å². The van der Waals surface area contributed by atoms with Gasteiger partial charge >= 0.3 is 0 Å². The van der Waals surface area contributed by atoms with E-state index < -0.39 is 0 Å². The largest absolute Gasteiger partial charge is 0.299 e. The Balaban J connectivity index is 1.39. The number of benzene rings is 2. The molecule has 0 aliphatic heterocycles. The van der Waals surface area contributed by atoms with E-state index in [0.717, 1.165) is 5.01 Å². The molecule has 0 bridgehead atoms. The SMILES string of the molecule is O=C(CN(Cc1ccccc1)Cc1ccccc1)Nc1nnc(C2CCCCC2)s1. The van der Waals surface area contributed by atoms with Crippen LogP contribution >= 0.6 is 11.3 Å². The number of nitrogens with zero attached hydrogens (tertiary/aromatic N) is 3. The fourth-order valence-corrected chi connectivity index (χ4v) is 4.94. The molecule has 156 valence electrons. The summed E-state index contributed by atoms with van der Waals surface area (Å²) in [4.78, 5) is 14.9. The summed E-state index contributed by atoms with van der Waals surface area (Å²) in [5.74, 6) is 0.461. The van der Waals surface area contributed by atoms with Gasteiger partial charge in [-0.15, -0.1) is 10.2 Å². The van der Waals surface area contributed by atoms with Crippen LogP contribution in [0.2, 0.25) is 0 Å². The van der Waals surface area contributed by atoms with Crippen molar-refractivity contribution < 1.29 is 4.79 Å². The number of rotatable bonds is 8. The van der Waals surface area contributed by atoms with Crippen LogP contribution in [0.15, 0.2) is 60.7 Å². The molecule has 3 aromatic rings. The molecule has 0 saturated heterocycles. The first-order chi connectivity index (χ1) is 14.8. The highest BCUT2D eigenvalue weighted by Crippen LogP contribution is 2.35. The van der Waals surface area contributed by atoms with Gasteiger partial charge in [-0.25, -0.2) is 0 Å². The molecule has 0 atom stereocenters. The number of anilines is 1. The Morgan fingerprint density at radius 1 is 0.900 bits per heavy atom. The zero-order valence-electron chi connectivity index (χ0n) is 17.2. The van der Waals surface area contributed by atoms with Crippen LogP contribution in [0.25, 0.3) is 0 Å². The van der Waals surface area contributed by atoms with Crippen molar-refractivity contribution in [2.75, 3.05) is 11.9 Å². The predicted octanol–water partition coefficient (Wildman–Crippen LogP) is 5.23. The quantitative estimate of drug-likeness (QED) is 0.542. The van der Waals surface area contributed by atoms with E-state index in [1.165, 1.54) is 54.6 Å². The van der Waals surface area contributed by atoms with E-state index in [1.807, 2.05) is 36.4 Å². The van der Waals surface area contributed by atoms with Crippen molar-refractivity contribution in [2.45, 2.75) is 51.1 Å². The van der Waals surface area contributed by atoms with Gasteiger partial charge in [0.25, 0.3) is 0 Å². The number of aromatic nitrogens is 2. The molecule has 1 aliphatic rings. The van der Waals surface area contributed by atoms with E-state index >= 15 is 0 Å². The third-order valence-electron chi connectivity index (χ3n) is 5.51. The lowest BCUT2D eigenvalue weighted by Crippen LogP contribution is -2.32. The second-order valence-corrected chi connectivity index (χ2v) is 8.95. The van der Waals surface area contributed by atoms with Gasteiger partial charge in [0.05, 0.1) is 6.54 Å². The topological polar surface area (TPSA) is 58.1 Å². The van der Waals surface area contributed by atoms with E-state index in [4.69, 9.17) is 0 Å². The van der Waals surface area contributed by atoms with Crippen LogP contribution in [0.5, 0.6) is 0 Å². The number of hydrogen-bond donors (Lipinski definition) is 1. The molecule has 1 amide bonds. The molecule has 1 saturated carbocycles. The molecular formula is C24H28N4OS. The number of amides is 1. The van der Waals surface area contributed by atoms with Crippen LogP contribution in [-0.2, 0) is 17.9 Å². The fraction of sp³-hybridized carbons (Fsp3) is 0.375. The lowest BCUT2D eigenvalue weighted by molar-refractivity contribution is -0.117. The number of nitrogens with one attached hydrogen (secondary N) is 1. The van der Waals surface area contributed by atoms with Gasteiger partial charge in [-0.1, -0.05) is 91.3 Å². The Hall–Kier alpha value is -2.57. The number of carbonyl (C=O) groups is 1. The molecule has 0 unspecified atom stereocenters. The van der Waals surface area contributed by atoms with Gasteiger partial charge in [0.2, 0.25) is 11.0 Å². The molecule has 1 fully saturated rings. The van der Waals surface area contributed by atoms with Crippen LogP contribution in [0.3, 0.4) is 0 Å². The molecule has 5 nitrogen and oxygen atoms in total. The van der Waals surface area contributed by atoms with Crippen molar-refractivity contribution in [1.29, 1.82) is 0 Å². The fourth-order valence-electron chi connectivity index (χ4n) is 4.01. The molecule has 0 spiro atoms. The predicted molar refractivity (Wildman–Crippen MR) is 121 cm³/mol. The maximum absolute atomic E-state index is 12.8. The molecule has 1 heterocycles. The summed E-state index contributed by atoms with van der Waals surface area (Å²) >= 11 is 1.53. The average molecular weight is 421 g/mol. The van der Waals surface area contributed by atoms with Gasteiger partial charge in [0.1, 0.15) is 5.01 Å². The van der Waals surface area contributed by atoms with Crippen LogP contribution in [0.4, 0.5) is 5.13 Å². The number of carbonyl (C=O) groups excluding carboxylic acids is 1. The summed E-state index contributed by atoms with van der Waals surface area (Å²) in [6, 6.07) is 20.5. The third kappa shape index (κ3) is 5.97. The van der Waals surface area contributed by atoms with Crippen molar-refractivity contribution in [3.63, 3.8) is 0 Å². The lowest BCUT2D eigenvalue weighted by Gasteiger charge is -2.22. The van der Waals surface area contributed by atoms with Crippen molar-refractivity contribution in [3.8, 4) is 0 Å². The number of hydrogen-bond acceptors (Lipinski definition) is 5. The summed E-state index contributed by atoms with van der Waals surface area (Å²) in [7, 11) is 0. The summed E-state index contributed by atoms with van der Waals surface area (Å²) < 4.78 is 0. The van der Waals surface area contributed by atoms with E-state index in [1.54, 1.807) is 0 Å². The zero-order chi connectivity index (χ0) is 20.6. The van der Waals surface area contributed by atoms with E-state index in [2.05, 4.69) is 44.7 Å². The summed E-state index contributed by atoms with van der Waals surface area (Å²) in [5, 5.41) is 13.2. The summed E-state index contributed by atoms with van der Waals surface area (Å²) in [5.41, 5.74) is 2.38. The van der Waals surface area contributed by atoms with Crippen molar-refractivity contribution in [3.05, 3.63) is 76.8 Å². The summed E-state index contributed by atoms with van der Waals surface area (Å²) in [6.07, 6.45) is 6.21. The Kier molecular flexibility index (Phi) is 7.21. The highest BCUT2D eigenvalue weighted by Gasteiger charge is 2.20. The van der Waals surface area contributed by atoms with Crippen LogP contribution in [-0.4, -0.2) is 27.5 Å². The van der Waals surface area contributed by atoms with Crippen LogP contribution in [0.1, 0.15) is 54.2 Å². The highest BCUT2D eigenvalue weighted by atomic mass is 32.1. The minimum absolute atomic E-state index is 0.0480. The standard InChI is InChI=1S/C24H28N4OS/c29-22(25-24-27-26-23(30-24)21-14-8-3-9-15-21)18-28(16-19-10-4-1-5-11-19)17-20-12-6-2-7-13-20/h1-2,4-7,10-13,21H,3,8-9,14-18H2,(H,25,27,29). The maximum atomic E-state index is 12.8. The minimum Gasteiger partial charge on any atom is -0.299 e. The lowest BCUT2D eigenvalue weighted by atomic mass is 9.90. The van der Waals surface area contributed by atoms with Gasteiger partial charge in [0, 0.05) is 19.0 Å². The molecule has 0 radical (unpaired) electrons. The van der Waals surface area contributed by atoms with Gasteiger partial charge in [0.15, 0.2) is 0 Å². The molecule has 30 heavy (non-hydrogen) atoms. The Morgan fingerprint density at radius 2 is 1.50 bits per heavy atom. The van der Waals surface area contributed by atoms with Gasteiger partial charge in [-0.3, -0.25) is 15.0 Å². The molecule has 4 rings (SSSR count). The van der Waals surface area contributed by atoms with Crippen molar-refractivity contribution in [2.24, 2.45) is 0 Å². The summed E-state index contributed by atoms with van der Waals surface area (Å²) in [6.45, 7) is 1.74. The second-order valence-electron chi connectivity index (χ2n) is 7.94. The van der Waals surface area contributed by atoms with Gasteiger partial charge in [-0.2, -0.15) is 0 Å². The molecule has 2 aromatic carbocycles. The molecule has 1 N–H and O–H groups in total.